The third-order valence-electron chi connectivity index (χ3n) is 10.5. The van der Waals surface area contributed by atoms with Crippen molar-refractivity contribution in [3.63, 3.8) is 0 Å². The molecule has 4 aliphatic rings. The molecule has 1 saturated carbocycles. The van der Waals surface area contributed by atoms with Gasteiger partial charge in [-0.2, -0.15) is 4.36 Å². The molecule has 5 atom stereocenters. The molecule has 2 aliphatic heterocycles. The Morgan fingerprint density at radius 3 is 2.77 bits per heavy atom. The average Bonchev–Trinajstić information content (AvgIpc) is 3.14. The molecule has 6 rings (SSSR count). The van der Waals surface area contributed by atoms with Gasteiger partial charge in [0.15, 0.2) is 0 Å². The van der Waals surface area contributed by atoms with Crippen molar-refractivity contribution < 1.29 is 23.3 Å². The average molecular weight is 641 g/mol. The van der Waals surface area contributed by atoms with Crippen LogP contribution in [0.5, 0.6) is 5.75 Å². The van der Waals surface area contributed by atoms with Crippen LogP contribution in [0.3, 0.4) is 0 Å². The number of hydrogen-bond acceptors (Lipinski definition) is 6. The largest absolute Gasteiger partial charge is 0.490 e. The van der Waals surface area contributed by atoms with E-state index in [0.29, 0.717) is 30.4 Å². The van der Waals surface area contributed by atoms with Crippen LogP contribution in [-0.2, 0) is 31.1 Å². The fourth-order valence-electron chi connectivity index (χ4n) is 7.91. The van der Waals surface area contributed by atoms with E-state index in [1.165, 1.54) is 11.1 Å². The second kappa shape index (κ2) is 13.1. The highest BCUT2D eigenvalue weighted by atomic mass is 35.5. The summed E-state index contributed by atoms with van der Waals surface area (Å²) in [6.45, 7) is 3.92. The Kier molecular flexibility index (Phi) is 9.42. The lowest BCUT2D eigenvalue weighted by molar-refractivity contribution is -0.116. The van der Waals surface area contributed by atoms with Gasteiger partial charge in [0, 0.05) is 48.4 Å². The first-order valence-corrected chi connectivity index (χ1v) is 18.6. The Hall–Kier alpha value is -2.42. The number of aryl methyl sites for hydroxylation is 1. The number of carbonyl (C=O) groups excluding carboxylic acids is 2. The first kappa shape index (κ1) is 31.6. The molecule has 2 aromatic rings. The Labute approximate surface area is 267 Å². The minimum Gasteiger partial charge on any atom is -0.490 e. The predicted octanol–water partition coefficient (Wildman–Crippen LogP) is 7.02. The quantitative estimate of drug-likeness (QED) is 0.357. The van der Waals surface area contributed by atoms with Crippen LogP contribution >= 0.6 is 11.6 Å². The predicted molar refractivity (Wildman–Crippen MR) is 176 cm³/mol. The number of rotatable bonds is 4. The molecule has 1 amide bonds. The van der Waals surface area contributed by atoms with Crippen LogP contribution in [0.4, 0.5) is 5.69 Å². The molecule has 1 fully saturated rings. The number of ketones is 1. The third kappa shape index (κ3) is 6.45. The molecular formula is C35H45ClN2O5S. The summed E-state index contributed by atoms with van der Waals surface area (Å²) in [4.78, 5) is 28.5. The number of amides is 1. The van der Waals surface area contributed by atoms with Crippen LogP contribution in [0, 0.1) is 11.8 Å². The number of carbonyl (C=O) groups is 2. The maximum absolute atomic E-state index is 13.9. The van der Waals surface area contributed by atoms with Crippen molar-refractivity contribution in [1.29, 1.82) is 0 Å². The molecule has 1 spiro atoms. The van der Waals surface area contributed by atoms with Gasteiger partial charge in [0.2, 0.25) is 0 Å². The second-order valence-electron chi connectivity index (χ2n) is 13.3. The van der Waals surface area contributed by atoms with Gasteiger partial charge in [0.05, 0.1) is 33.9 Å². The summed E-state index contributed by atoms with van der Waals surface area (Å²) in [5.41, 5.74) is 3.65. The van der Waals surface area contributed by atoms with Crippen LogP contribution in [0.2, 0.25) is 5.02 Å². The topological polar surface area (TPSA) is 85.3 Å². The molecule has 2 aliphatic carbocycles. The number of ether oxygens (including phenoxy) is 2. The highest BCUT2D eigenvalue weighted by Gasteiger charge is 2.44. The van der Waals surface area contributed by atoms with E-state index in [4.69, 9.17) is 21.1 Å². The maximum Gasteiger partial charge on any atom is 0.285 e. The minimum absolute atomic E-state index is 0.128. The fourth-order valence-corrected chi connectivity index (χ4v) is 10.2. The monoisotopic (exact) mass is 640 g/mol. The van der Waals surface area contributed by atoms with Gasteiger partial charge >= 0.3 is 0 Å². The summed E-state index contributed by atoms with van der Waals surface area (Å²) in [5.74, 6) is 1.13. The molecule has 44 heavy (non-hydrogen) atoms. The van der Waals surface area contributed by atoms with Crippen LogP contribution in [0.1, 0.15) is 86.2 Å². The molecular weight excluding hydrogens is 596 g/mol. The molecule has 0 radical (unpaired) electrons. The van der Waals surface area contributed by atoms with Gasteiger partial charge in [-0.25, -0.2) is 4.21 Å². The lowest BCUT2D eigenvalue weighted by atomic mass is 9.68. The number of halogens is 1. The smallest absolute Gasteiger partial charge is 0.285 e. The van der Waals surface area contributed by atoms with Crippen molar-refractivity contribution in [2.75, 3.05) is 43.2 Å². The first-order valence-electron chi connectivity index (χ1n) is 16.3. The summed E-state index contributed by atoms with van der Waals surface area (Å²) in [7, 11) is -1.19. The summed E-state index contributed by atoms with van der Waals surface area (Å²) in [5, 5.41) is 0.760. The molecule has 7 nitrogen and oxygen atoms in total. The van der Waals surface area contributed by atoms with Gasteiger partial charge in [-0.05, 0) is 98.2 Å². The van der Waals surface area contributed by atoms with Gasteiger partial charge in [0.1, 0.15) is 11.5 Å². The number of methoxy groups -OCH3 is 1. The SMILES string of the molecule is CCC(=O)C[S@@]1(=O)=NC(=O)c2ccc3c(c2)N(C[C@@H]2CC[C@H]2[C@@H](OC)CCCCC1)C[C@@]1(CCCc2cc(Cl)ccc21)CO3. The van der Waals surface area contributed by atoms with E-state index >= 15 is 0 Å². The Morgan fingerprint density at radius 2 is 2.00 bits per heavy atom. The van der Waals surface area contributed by atoms with E-state index in [1.807, 2.05) is 25.3 Å². The van der Waals surface area contributed by atoms with E-state index in [2.05, 4.69) is 21.4 Å². The molecule has 2 aromatic carbocycles. The number of benzene rings is 2. The van der Waals surface area contributed by atoms with Gasteiger partial charge in [-0.1, -0.05) is 37.4 Å². The number of anilines is 1. The molecule has 0 saturated heterocycles. The van der Waals surface area contributed by atoms with Crippen molar-refractivity contribution in [2.45, 2.75) is 82.7 Å². The molecule has 9 heteroatoms. The zero-order chi connectivity index (χ0) is 30.9. The van der Waals surface area contributed by atoms with Crippen molar-refractivity contribution in [3.8, 4) is 5.75 Å². The zero-order valence-corrected chi connectivity index (χ0v) is 27.6. The van der Waals surface area contributed by atoms with Crippen molar-refractivity contribution in [2.24, 2.45) is 16.2 Å². The molecule has 238 valence electrons. The summed E-state index contributed by atoms with van der Waals surface area (Å²) < 4.78 is 30.9. The fraction of sp³-hybridized carbons (Fsp3) is 0.600. The Bertz CT molecular complexity index is 1530. The standard InChI is InChI=1S/C35H45ClN2O5S/c1-3-28(39)21-44(41)17-6-4-5-9-32(42-2)29-13-10-26(29)20-38-22-35(16-7-8-24-18-27(36)12-14-30(24)35)23-43-33-15-11-25(19-31(33)38)34(40)37-44/h11-12,14-15,18-19,26,29,32H,3-10,13,16-17,20-23H2,1-2H3/t26-,29+,32-,35-,44+/m0/s1. The lowest BCUT2D eigenvalue weighted by Gasteiger charge is -2.46. The normalized spacial score (nSPS) is 30.7. The number of hydrogen-bond donors (Lipinski definition) is 0. The molecule has 2 heterocycles. The highest BCUT2D eigenvalue weighted by Crippen LogP contribution is 2.47. The van der Waals surface area contributed by atoms with E-state index in [1.54, 1.807) is 13.0 Å². The number of nitrogens with zero attached hydrogens (tertiary/aromatic N) is 2. The van der Waals surface area contributed by atoms with Gasteiger partial charge < -0.3 is 14.4 Å². The van der Waals surface area contributed by atoms with Gasteiger partial charge in [0.25, 0.3) is 5.91 Å². The number of Topliss-reactive ketones (excluding diaryl/α,β-unsaturated/α-hetero) is 1. The highest BCUT2D eigenvalue weighted by molar-refractivity contribution is 7.94. The van der Waals surface area contributed by atoms with Crippen LogP contribution in [0.15, 0.2) is 40.8 Å². The summed E-state index contributed by atoms with van der Waals surface area (Å²) >= 11 is 6.43. The zero-order valence-electron chi connectivity index (χ0n) is 26.0. The van der Waals surface area contributed by atoms with Crippen LogP contribution in [-0.4, -0.2) is 60.3 Å². The molecule has 0 N–H and O–H groups in total. The van der Waals surface area contributed by atoms with E-state index in [-0.39, 0.29) is 35.2 Å². The summed E-state index contributed by atoms with van der Waals surface area (Å²) in [6.07, 6.45) is 9.27. The van der Waals surface area contributed by atoms with E-state index < -0.39 is 15.6 Å². The van der Waals surface area contributed by atoms with Crippen LogP contribution in [0.25, 0.3) is 0 Å². The molecule has 2 bridgehead atoms. The number of fused-ring (bicyclic) bond motifs is 4. The third-order valence-corrected chi connectivity index (χ3v) is 12.9. The molecule has 0 unspecified atom stereocenters. The Morgan fingerprint density at radius 1 is 1.14 bits per heavy atom. The van der Waals surface area contributed by atoms with E-state index in [9.17, 15) is 13.8 Å². The molecule has 0 aromatic heterocycles. The maximum atomic E-state index is 13.9. The minimum atomic E-state index is -3.02. The van der Waals surface area contributed by atoms with Crippen molar-refractivity contribution in [1.82, 2.24) is 0 Å². The van der Waals surface area contributed by atoms with E-state index in [0.717, 1.165) is 80.9 Å². The van der Waals surface area contributed by atoms with Crippen LogP contribution < -0.4 is 9.64 Å². The van der Waals surface area contributed by atoms with Crippen molar-refractivity contribution in [3.05, 3.63) is 58.1 Å². The first-order chi connectivity index (χ1) is 21.2. The van der Waals surface area contributed by atoms with Gasteiger partial charge in [-0.15, -0.1) is 0 Å². The second-order valence-corrected chi connectivity index (χ2v) is 16.2. The van der Waals surface area contributed by atoms with Crippen molar-refractivity contribution >= 4 is 38.7 Å². The Balaban J connectivity index is 1.43. The van der Waals surface area contributed by atoms with Gasteiger partial charge in [-0.3, -0.25) is 9.59 Å². The lowest BCUT2D eigenvalue weighted by Crippen LogP contribution is -2.49. The summed E-state index contributed by atoms with van der Waals surface area (Å²) in [6, 6.07) is 11.8.